The number of hydrogen-bond acceptors (Lipinski definition) is 3. The summed E-state index contributed by atoms with van der Waals surface area (Å²) in [7, 11) is 0. The minimum atomic E-state index is -0.603. The van der Waals surface area contributed by atoms with Crippen molar-refractivity contribution in [2.24, 2.45) is 5.73 Å². The van der Waals surface area contributed by atoms with E-state index in [2.05, 4.69) is 19.1 Å². The van der Waals surface area contributed by atoms with Gasteiger partial charge in [-0.1, -0.05) is 77.4 Å². The fraction of sp³-hybridized carbons (Fsp3) is 0.880. The summed E-state index contributed by atoms with van der Waals surface area (Å²) in [4.78, 5) is 14.3. The van der Waals surface area contributed by atoms with Gasteiger partial charge in [0.05, 0.1) is 18.3 Å². The molecule has 0 bridgehead atoms. The Kier molecular flexibility index (Phi) is 21.4. The Morgan fingerprint density at radius 2 is 1.37 bits per heavy atom. The third kappa shape index (κ3) is 15.3. The zero-order valence-corrected chi connectivity index (χ0v) is 21.2. The summed E-state index contributed by atoms with van der Waals surface area (Å²) in [5.41, 5.74) is 5.52. The lowest BCUT2D eigenvalue weighted by atomic mass is 10.0. The summed E-state index contributed by atoms with van der Waals surface area (Å²) in [6.45, 7) is 7.92. The largest absolute Gasteiger partial charge is 0.394 e. The van der Waals surface area contributed by atoms with E-state index >= 15 is 0 Å². The van der Waals surface area contributed by atoms with Crippen molar-refractivity contribution in [3.8, 4) is 0 Å². The van der Waals surface area contributed by atoms with Crippen LogP contribution in [-0.2, 0) is 4.79 Å². The number of aliphatic hydroxyl groups is 1. The molecule has 1 atom stereocenters. The lowest BCUT2D eigenvalue weighted by Gasteiger charge is -2.41. The van der Waals surface area contributed by atoms with Gasteiger partial charge in [0.2, 0.25) is 5.91 Å². The van der Waals surface area contributed by atoms with Gasteiger partial charge in [0.1, 0.15) is 0 Å². The van der Waals surface area contributed by atoms with Gasteiger partial charge in [-0.15, -0.1) is 12.4 Å². The first kappa shape index (κ1) is 31.6. The maximum absolute atomic E-state index is 12.6. The maximum atomic E-state index is 12.6. The summed E-state index contributed by atoms with van der Waals surface area (Å²) in [6.07, 6.45) is 21.9. The molecular weight excluding hydrogens is 396 g/mol. The number of rotatable bonds is 19. The van der Waals surface area contributed by atoms with Crippen molar-refractivity contribution in [2.45, 2.75) is 136 Å². The number of aliphatic hydroxyl groups excluding tert-OH is 1. The molecule has 0 aliphatic rings. The molecule has 0 saturated carbocycles. The highest BCUT2D eigenvalue weighted by Crippen LogP contribution is 2.20. The Hall–Kier alpha value is -0.580. The molecule has 3 N–H and O–H groups in total. The number of amides is 1. The molecule has 0 radical (unpaired) electrons. The third-order valence-electron chi connectivity index (χ3n) is 5.71. The van der Waals surface area contributed by atoms with Gasteiger partial charge in [0.15, 0.2) is 0 Å². The summed E-state index contributed by atoms with van der Waals surface area (Å²) >= 11 is 0. The van der Waals surface area contributed by atoms with Crippen LogP contribution >= 0.6 is 12.4 Å². The lowest BCUT2D eigenvalue weighted by molar-refractivity contribution is -0.142. The van der Waals surface area contributed by atoms with E-state index in [1.54, 1.807) is 4.90 Å². The normalized spacial score (nSPS) is 12.7. The maximum Gasteiger partial charge on any atom is 0.224 e. The standard InChI is InChI=1S/C25H50N2O2.ClH/c1-5-7-8-9-10-11-12-13-14-15-16-17-18-19-20-21-24(29)27(23(26)6-2)25(3,4)22-28;/h13-14,23,28H,5-12,15-22,26H2,1-4H3;1H/b14-13-;. The van der Waals surface area contributed by atoms with E-state index in [9.17, 15) is 9.90 Å². The molecular formula is C25H51ClN2O2. The van der Waals surface area contributed by atoms with Crippen LogP contribution in [0.15, 0.2) is 12.2 Å². The molecule has 0 rings (SSSR count). The van der Waals surface area contributed by atoms with Crippen LogP contribution in [0, 0.1) is 0 Å². The van der Waals surface area contributed by atoms with E-state index < -0.39 is 5.54 Å². The van der Waals surface area contributed by atoms with Crippen LogP contribution in [0.2, 0.25) is 0 Å². The van der Waals surface area contributed by atoms with Crippen LogP contribution in [0.3, 0.4) is 0 Å². The first-order valence-corrected chi connectivity index (χ1v) is 12.2. The monoisotopic (exact) mass is 446 g/mol. The highest BCUT2D eigenvalue weighted by Gasteiger charge is 2.33. The Morgan fingerprint density at radius 3 is 1.83 bits per heavy atom. The van der Waals surface area contributed by atoms with Gasteiger partial charge in [-0.25, -0.2) is 0 Å². The highest BCUT2D eigenvalue weighted by atomic mass is 35.5. The number of halogens is 1. The number of unbranched alkanes of at least 4 members (excludes halogenated alkanes) is 11. The molecule has 4 nitrogen and oxygen atoms in total. The number of carbonyl (C=O) groups excluding carboxylic acids is 1. The van der Waals surface area contributed by atoms with Crippen LogP contribution in [-0.4, -0.2) is 34.2 Å². The van der Waals surface area contributed by atoms with Gasteiger partial charge in [-0.05, 0) is 52.4 Å². The van der Waals surface area contributed by atoms with Crippen molar-refractivity contribution in [1.82, 2.24) is 4.90 Å². The van der Waals surface area contributed by atoms with Gasteiger partial charge in [-0.2, -0.15) is 0 Å². The summed E-state index contributed by atoms with van der Waals surface area (Å²) in [5.74, 6) is 0.0658. The SMILES string of the molecule is CCCCCCCC/C=C\CCCCCCCC(=O)N(C(N)CC)C(C)(C)CO.Cl. The van der Waals surface area contributed by atoms with Gasteiger partial charge in [0.25, 0.3) is 0 Å². The second kappa shape index (κ2) is 20.3. The molecule has 30 heavy (non-hydrogen) atoms. The summed E-state index contributed by atoms with van der Waals surface area (Å²) in [5, 5.41) is 9.61. The number of allylic oxidation sites excluding steroid dienone is 2. The van der Waals surface area contributed by atoms with Crippen LogP contribution in [0.1, 0.15) is 124 Å². The van der Waals surface area contributed by atoms with Crippen LogP contribution in [0.5, 0.6) is 0 Å². The minimum Gasteiger partial charge on any atom is -0.394 e. The van der Waals surface area contributed by atoms with Crippen molar-refractivity contribution in [3.05, 3.63) is 12.2 Å². The quantitative estimate of drug-likeness (QED) is 0.131. The Labute approximate surface area is 193 Å². The Bertz CT molecular complexity index is 427. The van der Waals surface area contributed by atoms with Crippen molar-refractivity contribution in [1.29, 1.82) is 0 Å². The number of hydrogen-bond donors (Lipinski definition) is 2. The van der Waals surface area contributed by atoms with Crippen molar-refractivity contribution < 1.29 is 9.90 Å². The zero-order valence-electron chi connectivity index (χ0n) is 20.3. The predicted octanol–water partition coefficient (Wildman–Crippen LogP) is 6.74. The van der Waals surface area contributed by atoms with E-state index in [-0.39, 0.29) is 31.1 Å². The molecule has 1 unspecified atom stereocenters. The summed E-state index contributed by atoms with van der Waals surface area (Å²) in [6, 6.07) is 0. The van der Waals surface area contributed by atoms with E-state index in [1.165, 1.54) is 70.6 Å². The molecule has 0 aliphatic carbocycles. The molecule has 0 heterocycles. The predicted molar refractivity (Wildman–Crippen MR) is 133 cm³/mol. The molecule has 1 amide bonds. The van der Waals surface area contributed by atoms with E-state index in [0.29, 0.717) is 12.8 Å². The van der Waals surface area contributed by atoms with Crippen molar-refractivity contribution in [3.63, 3.8) is 0 Å². The number of nitrogens with zero attached hydrogens (tertiary/aromatic N) is 1. The van der Waals surface area contributed by atoms with Gasteiger partial charge < -0.3 is 15.7 Å². The average molecular weight is 447 g/mol. The number of carbonyl (C=O) groups is 1. The van der Waals surface area contributed by atoms with Crippen LogP contribution < -0.4 is 5.73 Å². The molecule has 0 aromatic carbocycles. The molecule has 180 valence electrons. The molecule has 0 aliphatic heterocycles. The first-order valence-electron chi connectivity index (χ1n) is 12.2. The van der Waals surface area contributed by atoms with Crippen LogP contribution in [0.25, 0.3) is 0 Å². The zero-order chi connectivity index (χ0) is 22.0. The highest BCUT2D eigenvalue weighted by molar-refractivity contribution is 5.85. The summed E-state index contributed by atoms with van der Waals surface area (Å²) < 4.78 is 0. The topological polar surface area (TPSA) is 66.6 Å². The fourth-order valence-corrected chi connectivity index (χ4v) is 3.70. The van der Waals surface area contributed by atoms with Crippen molar-refractivity contribution in [2.75, 3.05) is 6.61 Å². The third-order valence-corrected chi connectivity index (χ3v) is 5.71. The molecule has 0 fully saturated rings. The molecule has 5 heteroatoms. The minimum absolute atomic E-state index is 0. The Morgan fingerprint density at radius 1 is 0.900 bits per heavy atom. The first-order chi connectivity index (χ1) is 13.9. The lowest BCUT2D eigenvalue weighted by Crippen LogP contribution is -2.58. The smallest absolute Gasteiger partial charge is 0.224 e. The second-order valence-corrected chi connectivity index (χ2v) is 9.04. The van der Waals surface area contributed by atoms with E-state index in [1.807, 2.05) is 20.8 Å². The number of nitrogens with two attached hydrogens (primary N) is 1. The molecule has 0 aromatic rings. The van der Waals surface area contributed by atoms with Gasteiger partial charge in [-0.3, -0.25) is 4.79 Å². The van der Waals surface area contributed by atoms with Gasteiger partial charge >= 0.3 is 0 Å². The molecule has 0 aromatic heterocycles. The molecule has 0 saturated heterocycles. The van der Waals surface area contributed by atoms with Crippen molar-refractivity contribution >= 4 is 18.3 Å². The Balaban J connectivity index is 0. The van der Waals surface area contributed by atoms with E-state index in [4.69, 9.17) is 5.73 Å². The fourth-order valence-electron chi connectivity index (χ4n) is 3.70. The molecule has 0 spiro atoms. The average Bonchev–Trinajstić information content (AvgIpc) is 2.70. The van der Waals surface area contributed by atoms with Crippen LogP contribution in [0.4, 0.5) is 0 Å². The van der Waals surface area contributed by atoms with E-state index in [0.717, 1.165) is 12.8 Å². The second-order valence-electron chi connectivity index (χ2n) is 9.04. The van der Waals surface area contributed by atoms with Gasteiger partial charge in [0, 0.05) is 6.42 Å².